The number of fused-ring (bicyclic) bond motifs is 1. The summed E-state index contributed by atoms with van der Waals surface area (Å²) >= 11 is 0. The molecular formula is C24H23N3O5. The van der Waals surface area contributed by atoms with E-state index in [1.807, 2.05) is 31.2 Å². The van der Waals surface area contributed by atoms with Crippen LogP contribution in [0, 0.1) is 13.8 Å². The van der Waals surface area contributed by atoms with Gasteiger partial charge in [0.05, 0.1) is 5.69 Å². The van der Waals surface area contributed by atoms with Gasteiger partial charge >= 0.3 is 0 Å². The number of aromatic nitrogens is 2. The highest BCUT2D eigenvalue weighted by atomic mass is 16.5. The fourth-order valence-electron chi connectivity index (χ4n) is 3.13. The number of ether oxygens (including phenoxy) is 2. The maximum absolute atomic E-state index is 12.5. The lowest BCUT2D eigenvalue weighted by Crippen LogP contribution is -2.30. The van der Waals surface area contributed by atoms with Crippen LogP contribution >= 0.6 is 0 Å². The molecule has 2 heterocycles. The quantitative estimate of drug-likeness (QED) is 0.475. The Kier molecular flexibility index (Phi) is 5.93. The molecule has 0 aliphatic carbocycles. The number of nitrogens with zero attached hydrogens (tertiary/aromatic N) is 2. The molecule has 4 rings (SSSR count). The van der Waals surface area contributed by atoms with Crippen LogP contribution in [0.4, 0.5) is 5.69 Å². The van der Waals surface area contributed by atoms with Gasteiger partial charge in [-0.1, -0.05) is 24.3 Å². The van der Waals surface area contributed by atoms with Gasteiger partial charge in [0, 0.05) is 23.9 Å². The highest BCUT2D eigenvalue weighted by Crippen LogP contribution is 2.24. The third-order valence-corrected chi connectivity index (χ3v) is 4.78. The summed E-state index contributed by atoms with van der Waals surface area (Å²) in [6.45, 7) is 5.43. The molecule has 8 heteroatoms. The second-order valence-electron chi connectivity index (χ2n) is 7.42. The molecule has 1 atom stereocenters. The average Bonchev–Trinajstić information content (AvgIpc) is 3.15. The van der Waals surface area contributed by atoms with Gasteiger partial charge in [0.25, 0.3) is 11.5 Å². The first-order valence-corrected chi connectivity index (χ1v) is 10.1. The molecule has 1 unspecified atom stereocenters. The number of anilines is 1. The summed E-state index contributed by atoms with van der Waals surface area (Å²) in [7, 11) is 0. The second-order valence-corrected chi connectivity index (χ2v) is 7.42. The van der Waals surface area contributed by atoms with Gasteiger partial charge in [-0.15, -0.1) is 4.57 Å². The van der Waals surface area contributed by atoms with E-state index in [0.717, 1.165) is 10.1 Å². The number of carbonyl (C=O) groups excluding carboxylic acids is 1. The lowest BCUT2D eigenvalue weighted by atomic mass is 10.2. The highest BCUT2D eigenvalue weighted by Gasteiger charge is 2.16. The number of hydrogen-bond acceptors (Lipinski definition) is 6. The lowest BCUT2D eigenvalue weighted by Gasteiger charge is -2.16. The molecule has 0 saturated carbocycles. The Morgan fingerprint density at radius 3 is 2.69 bits per heavy atom. The number of nitrogens with one attached hydrogen (secondary N) is 1. The Bertz CT molecular complexity index is 1310. The molecule has 1 N–H and O–H groups in total. The molecule has 1 amide bonds. The topological polar surface area (TPSA) is 95.1 Å². The summed E-state index contributed by atoms with van der Waals surface area (Å²) < 4.78 is 18.0. The molecule has 0 spiro atoms. The van der Waals surface area contributed by atoms with Gasteiger partial charge in [-0.25, -0.2) is 4.98 Å². The van der Waals surface area contributed by atoms with Crippen molar-refractivity contribution in [1.82, 2.24) is 9.56 Å². The Balaban J connectivity index is 1.43. The van der Waals surface area contributed by atoms with E-state index < -0.39 is 6.10 Å². The van der Waals surface area contributed by atoms with Crippen molar-refractivity contribution in [3.05, 3.63) is 88.0 Å². The van der Waals surface area contributed by atoms with E-state index in [1.54, 1.807) is 44.2 Å². The van der Waals surface area contributed by atoms with Crippen molar-refractivity contribution in [2.75, 3.05) is 5.32 Å². The number of carbonyl (C=O) groups is 1. The predicted octanol–water partition coefficient (Wildman–Crippen LogP) is 3.89. The molecule has 164 valence electrons. The number of benzene rings is 2. The van der Waals surface area contributed by atoms with E-state index in [4.69, 9.17) is 14.0 Å². The van der Waals surface area contributed by atoms with Gasteiger partial charge in [0.15, 0.2) is 11.8 Å². The van der Waals surface area contributed by atoms with Crippen molar-refractivity contribution in [1.29, 1.82) is 0 Å². The summed E-state index contributed by atoms with van der Waals surface area (Å²) in [6, 6.07) is 17.6. The first kappa shape index (κ1) is 21.2. The molecule has 0 bridgehead atoms. The third kappa shape index (κ3) is 4.80. The van der Waals surface area contributed by atoms with Gasteiger partial charge in [-0.3, -0.25) is 9.59 Å². The predicted molar refractivity (Wildman–Crippen MR) is 119 cm³/mol. The van der Waals surface area contributed by atoms with E-state index in [2.05, 4.69) is 10.3 Å². The minimum atomic E-state index is -0.676. The summed E-state index contributed by atoms with van der Waals surface area (Å²) in [5.41, 5.74) is 2.06. The standard InChI is InChI=1S/C24H23N3O5/c1-15-9-10-18(26-24(29)17(3)31-20-7-5-4-6-8-20)12-21(15)30-14-19-13-23(28)27-22(25-19)11-16(2)32-27/h4-13,17H,14H2,1-3H3,(H,26,29). The SMILES string of the molecule is Cc1cc2nc(COc3cc(NC(=O)C(C)Oc4ccccc4)ccc3C)cc(=O)n2o1. The summed E-state index contributed by atoms with van der Waals surface area (Å²) in [6.07, 6.45) is -0.676. The van der Waals surface area contributed by atoms with Crippen molar-refractivity contribution >= 4 is 17.2 Å². The van der Waals surface area contributed by atoms with Crippen LogP contribution in [0.1, 0.15) is 23.9 Å². The Morgan fingerprint density at radius 2 is 1.91 bits per heavy atom. The van der Waals surface area contributed by atoms with Crippen molar-refractivity contribution in [2.45, 2.75) is 33.5 Å². The Morgan fingerprint density at radius 1 is 1.12 bits per heavy atom. The average molecular weight is 433 g/mol. The highest BCUT2D eigenvalue weighted by molar-refractivity contribution is 5.94. The van der Waals surface area contributed by atoms with Crippen LogP contribution in [0.15, 0.2) is 70.0 Å². The Hall–Kier alpha value is -4.07. The minimum absolute atomic E-state index is 0.0989. The number of aryl methyl sites for hydroxylation is 2. The molecule has 0 fully saturated rings. The third-order valence-electron chi connectivity index (χ3n) is 4.78. The summed E-state index contributed by atoms with van der Waals surface area (Å²) in [5, 5.41) is 2.84. The van der Waals surface area contributed by atoms with Gasteiger partial charge in [0.1, 0.15) is 23.9 Å². The molecule has 2 aromatic carbocycles. The number of hydrogen-bond donors (Lipinski definition) is 1. The zero-order valence-corrected chi connectivity index (χ0v) is 18.0. The molecule has 0 saturated heterocycles. The van der Waals surface area contributed by atoms with Crippen molar-refractivity contribution in [2.24, 2.45) is 0 Å². The first-order chi connectivity index (χ1) is 15.4. The van der Waals surface area contributed by atoms with E-state index >= 15 is 0 Å². The van der Waals surface area contributed by atoms with E-state index in [9.17, 15) is 9.59 Å². The number of para-hydroxylation sites is 1. The van der Waals surface area contributed by atoms with E-state index in [0.29, 0.717) is 34.3 Å². The van der Waals surface area contributed by atoms with Crippen LogP contribution < -0.4 is 20.3 Å². The van der Waals surface area contributed by atoms with Crippen LogP contribution in [-0.4, -0.2) is 21.6 Å². The van der Waals surface area contributed by atoms with Crippen molar-refractivity contribution in [3.63, 3.8) is 0 Å². The molecule has 0 aliphatic heterocycles. The van der Waals surface area contributed by atoms with Crippen molar-refractivity contribution < 1.29 is 18.8 Å². The molecule has 0 radical (unpaired) electrons. The van der Waals surface area contributed by atoms with Crippen LogP contribution in [-0.2, 0) is 11.4 Å². The fraction of sp³-hybridized carbons (Fsp3) is 0.208. The fourth-order valence-corrected chi connectivity index (χ4v) is 3.13. The summed E-state index contributed by atoms with van der Waals surface area (Å²) in [4.78, 5) is 29.1. The van der Waals surface area contributed by atoms with Gasteiger partial charge in [0.2, 0.25) is 0 Å². The molecular weight excluding hydrogens is 410 g/mol. The lowest BCUT2D eigenvalue weighted by molar-refractivity contribution is -0.122. The molecule has 8 nitrogen and oxygen atoms in total. The minimum Gasteiger partial charge on any atom is -0.487 e. The largest absolute Gasteiger partial charge is 0.487 e. The van der Waals surface area contributed by atoms with Gasteiger partial charge in [-0.2, -0.15) is 0 Å². The monoisotopic (exact) mass is 433 g/mol. The van der Waals surface area contributed by atoms with Crippen LogP contribution in [0.2, 0.25) is 0 Å². The normalized spacial score (nSPS) is 11.8. The molecule has 0 aliphatic rings. The molecule has 32 heavy (non-hydrogen) atoms. The zero-order chi connectivity index (χ0) is 22.7. The smallest absolute Gasteiger partial charge is 0.287 e. The maximum Gasteiger partial charge on any atom is 0.287 e. The number of amides is 1. The molecule has 2 aromatic heterocycles. The summed E-state index contributed by atoms with van der Waals surface area (Å²) in [5.74, 6) is 1.51. The van der Waals surface area contributed by atoms with Gasteiger partial charge < -0.3 is 19.3 Å². The number of rotatable bonds is 7. The van der Waals surface area contributed by atoms with Crippen LogP contribution in [0.25, 0.3) is 5.65 Å². The maximum atomic E-state index is 12.5. The van der Waals surface area contributed by atoms with Crippen LogP contribution in [0.3, 0.4) is 0 Å². The van der Waals surface area contributed by atoms with Gasteiger partial charge in [-0.05, 0) is 44.5 Å². The van der Waals surface area contributed by atoms with Crippen molar-refractivity contribution in [3.8, 4) is 11.5 Å². The van der Waals surface area contributed by atoms with E-state index in [1.165, 1.54) is 6.07 Å². The first-order valence-electron chi connectivity index (χ1n) is 10.1. The zero-order valence-electron chi connectivity index (χ0n) is 18.0. The Labute approximate surface area is 184 Å². The molecule has 4 aromatic rings. The van der Waals surface area contributed by atoms with Crippen LogP contribution in [0.5, 0.6) is 11.5 Å². The second kappa shape index (κ2) is 8.97. The van der Waals surface area contributed by atoms with E-state index in [-0.39, 0.29) is 18.1 Å².